The van der Waals surface area contributed by atoms with Gasteiger partial charge in [0.05, 0.1) is 0 Å². The predicted molar refractivity (Wildman–Crippen MR) is 94.9 cm³/mol. The van der Waals surface area contributed by atoms with Crippen LogP contribution >= 0.6 is 0 Å². The van der Waals surface area contributed by atoms with Gasteiger partial charge in [-0.3, -0.25) is 4.79 Å². The van der Waals surface area contributed by atoms with Crippen LogP contribution < -0.4 is 10.2 Å². The molecule has 25 heavy (non-hydrogen) atoms. The summed E-state index contributed by atoms with van der Waals surface area (Å²) in [6.45, 7) is 2.20. The van der Waals surface area contributed by atoms with Gasteiger partial charge < -0.3 is 15.3 Å². The van der Waals surface area contributed by atoms with Gasteiger partial charge in [0.2, 0.25) is 0 Å². The van der Waals surface area contributed by atoms with Gasteiger partial charge in [0, 0.05) is 25.2 Å². The fourth-order valence-electron chi connectivity index (χ4n) is 3.09. The molecule has 6 nitrogen and oxygen atoms in total. The van der Waals surface area contributed by atoms with E-state index in [1.54, 1.807) is 18.2 Å². The summed E-state index contributed by atoms with van der Waals surface area (Å²) in [5.41, 5.74) is 0.711. The van der Waals surface area contributed by atoms with Crippen LogP contribution in [0.25, 0.3) is 0 Å². The van der Waals surface area contributed by atoms with Gasteiger partial charge in [-0.1, -0.05) is 24.3 Å². The van der Waals surface area contributed by atoms with Crippen molar-refractivity contribution >= 4 is 17.7 Å². The SMILES string of the molecule is O=C(NCC1CCCN(c2cccc(C(=O)O)n2)C1)c1ccccc1. The fraction of sp³-hybridized carbons (Fsp3) is 0.316. The lowest BCUT2D eigenvalue weighted by molar-refractivity contribution is 0.0690. The number of piperidine rings is 1. The predicted octanol–water partition coefficient (Wildman–Crippen LogP) is 2.43. The van der Waals surface area contributed by atoms with Gasteiger partial charge in [-0.05, 0) is 43.0 Å². The Kier molecular flexibility index (Phi) is 5.28. The molecule has 0 bridgehead atoms. The van der Waals surface area contributed by atoms with Crippen LogP contribution in [0.15, 0.2) is 48.5 Å². The lowest BCUT2D eigenvalue weighted by Crippen LogP contribution is -2.41. The molecule has 0 spiro atoms. The van der Waals surface area contributed by atoms with Crippen LogP contribution in [-0.2, 0) is 0 Å². The maximum atomic E-state index is 12.2. The molecule has 1 aliphatic rings. The molecule has 1 saturated heterocycles. The number of carbonyl (C=O) groups is 2. The Morgan fingerprint density at radius 2 is 1.96 bits per heavy atom. The molecule has 0 aliphatic carbocycles. The van der Waals surface area contributed by atoms with Crippen molar-refractivity contribution in [2.45, 2.75) is 12.8 Å². The van der Waals surface area contributed by atoms with E-state index in [0.717, 1.165) is 25.9 Å². The zero-order valence-corrected chi connectivity index (χ0v) is 13.9. The molecular formula is C19H21N3O3. The van der Waals surface area contributed by atoms with Crippen molar-refractivity contribution in [1.29, 1.82) is 0 Å². The van der Waals surface area contributed by atoms with Crippen molar-refractivity contribution in [2.75, 3.05) is 24.5 Å². The average molecular weight is 339 g/mol. The van der Waals surface area contributed by atoms with Gasteiger partial charge in [0.15, 0.2) is 5.69 Å². The molecule has 1 fully saturated rings. The Morgan fingerprint density at radius 1 is 1.16 bits per heavy atom. The summed E-state index contributed by atoms with van der Waals surface area (Å²) in [5, 5.41) is 12.1. The van der Waals surface area contributed by atoms with Gasteiger partial charge in [0.25, 0.3) is 5.91 Å². The quantitative estimate of drug-likeness (QED) is 0.874. The second-order valence-corrected chi connectivity index (χ2v) is 6.22. The highest BCUT2D eigenvalue weighted by molar-refractivity contribution is 5.94. The van der Waals surface area contributed by atoms with E-state index < -0.39 is 5.97 Å². The van der Waals surface area contributed by atoms with Gasteiger partial charge in [0.1, 0.15) is 5.82 Å². The molecule has 2 aromatic rings. The number of nitrogens with zero attached hydrogens (tertiary/aromatic N) is 2. The number of hydrogen-bond acceptors (Lipinski definition) is 4. The average Bonchev–Trinajstić information content (AvgIpc) is 2.67. The van der Waals surface area contributed by atoms with Gasteiger partial charge >= 0.3 is 5.97 Å². The molecule has 2 N–H and O–H groups in total. The molecule has 3 rings (SSSR count). The second-order valence-electron chi connectivity index (χ2n) is 6.22. The number of aromatic nitrogens is 1. The summed E-state index contributed by atoms with van der Waals surface area (Å²) >= 11 is 0. The third-order valence-electron chi connectivity index (χ3n) is 4.38. The van der Waals surface area contributed by atoms with Crippen molar-refractivity contribution < 1.29 is 14.7 Å². The number of hydrogen-bond donors (Lipinski definition) is 2. The van der Waals surface area contributed by atoms with Crippen LogP contribution in [0.4, 0.5) is 5.82 Å². The number of anilines is 1. The Morgan fingerprint density at radius 3 is 2.72 bits per heavy atom. The number of pyridine rings is 1. The standard InChI is InChI=1S/C19H21N3O3/c23-18(15-7-2-1-3-8-15)20-12-14-6-5-11-22(13-14)17-10-4-9-16(21-17)19(24)25/h1-4,7-10,14H,5-6,11-13H2,(H,20,23)(H,24,25). The molecular weight excluding hydrogens is 318 g/mol. The zero-order chi connectivity index (χ0) is 17.6. The molecule has 1 aliphatic heterocycles. The Balaban J connectivity index is 1.59. The highest BCUT2D eigenvalue weighted by Gasteiger charge is 2.22. The first-order valence-electron chi connectivity index (χ1n) is 8.42. The number of carboxylic acid groups (broad SMARTS) is 1. The minimum atomic E-state index is -1.02. The lowest BCUT2D eigenvalue weighted by atomic mass is 9.98. The van der Waals surface area contributed by atoms with E-state index >= 15 is 0 Å². The van der Waals surface area contributed by atoms with Gasteiger partial charge in [-0.2, -0.15) is 0 Å². The summed E-state index contributed by atoms with van der Waals surface area (Å²) in [5.74, 6) is -0.0926. The molecule has 2 heterocycles. The van der Waals surface area contributed by atoms with E-state index in [0.29, 0.717) is 23.8 Å². The van der Waals surface area contributed by atoms with Crippen LogP contribution in [0.3, 0.4) is 0 Å². The lowest BCUT2D eigenvalue weighted by Gasteiger charge is -2.33. The third-order valence-corrected chi connectivity index (χ3v) is 4.38. The van der Waals surface area contributed by atoms with E-state index in [1.165, 1.54) is 6.07 Å². The maximum Gasteiger partial charge on any atom is 0.354 e. The van der Waals surface area contributed by atoms with Crippen LogP contribution in [-0.4, -0.2) is 41.6 Å². The highest BCUT2D eigenvalue weighted by Crippen LogP contribution is 2.21. The minimum absolute atomic E-state index is 0.0528. The van der Waals surface area contributed by atoms with Crippen molar-refractivity contribution in [2.24, 2.45) is 5.92 Å². The number of carbonyl (C=O) groups excluding carboxylic acids is 1. The smallest absolute Gasteiger partial charge is 0.354 e. The molecule has 1 aromatic heterocycles. The Labute approximate surface area is 146 Å². The van der Waals surface area contributed by atoms with Crippen molar-refractivity contribution in [1.82, 2.24) is 10.3 Å². The summed E-state index contributed by atoms with van der Waals surface area (Å²) < 4.78 is 0. The summed E-state index contributed by atoms with van der Waals surface area (Å²) in [4.78, 5) is 29.5. The molecule has 1 aromatic carbocycles. The molecule has 0 radical (unpaired) electrons. The number of rotatable bonds is 5. The van der Waals surface area contributed by atoms with Crippen LogP contribution in [0.2, 0.25) is 0 Å². The van der Waals surface area contributed by atoms with Crippen molar-refractivity contribution in [3.8, 4) is 0 Å². The van der Waals surface area contributed by atoms with E-state index in [1.807, 2.05) is 24.3 Å². The van der Waals surface area contributed by atoms with E-state index in [-0.39, 0.29) is 11.6 Å². The zero-order valence-electron chi connectivity index (χ0n) is 13.9. The van der Waals surface area contributed by atoms with Crippen LogP contribution in [0, 0.1) is 5.92 Å². The van der Waals surface area contributed by atoms with Crippen molar-refractivity contribution in [3.63, 3.8) is 0 Å². The number of aromatic carboxylic acids is 1. The molecule has 0 saturated carbocycles. The summed E-state index contributed by atoms with van der Waals surface area (Å²) in [7, 11) is 0. The number of amides is 1. The Hall–Kier alpha value is -2.89. The molecule has 1 unspecified atom stereocenters. The highest BCUT2D eigenvalue weighted by atomic mass is 16.4. The van der Waals surface area contributed by atoms with E-state index in [9.17, 15) is 9.59 Å². The molecule has 6 heteroatoms. The number of benzene rings is 1. The third kappa shape index (κ3) is 4.35. The first-order chi connectivity index (χ1) is 12.1. The molecule has 1 amide bonds. The normalized spacial score (nSPS) is 17.1. The maximum absolute atomic E-state index is 12.2. The van der Waals surface area contributed by atoms with Crippen LogP contribution in [0.1, 0.15) is 33.7 Å². The fourth-order valence-corrected chi connectivity index (χ4v) is 3.09. The second kappa shape index (κ2) is 7.79. The number of carboxylic acids is 1. The largest absolute Gasteiger partial charge is 0.477 e. The van der Waals surface area contributed by atoms with Crippen LogP contribution in [0.5, 0.6) is 0 Å². The monoisotopic (exact) mass is 339 g/mol. The van der Waals surface area contributed by atoms with Gasteiger partial charge in [-0.15, -0.1) is 0 Å². The minimum Gasteiger partial charge on any atom is -0.477 e. The summed E-state index contributed by atoms with van der Waals surface area (Å²) in [6.07, 6.45) is 2.02. The van der Waals surface area contributed by atoms with E-state index in [4.69, 9.17) is 5.11 Å². The first kappa shape index (κ1) is 17.0. The summed E-state index contributed by atoms with van der Waals surface area (Å²) in [6, 6.07) is 14.2. The molecule has 130 valence electrons. The molecule has 1 atom stereocenters. The van der Waals surface area contributed by atoms with Crippen molar-refractivity contribution in [3.05, 3.63) is 59.8 Å². The number of nitrogens with one attached hydrogen (secondary N) is 1. The van der Waals surface area contributed by atoms with E-state index in [2.05, 4.69) is 15.2 Å². The first-order valence-corrected chi connectivity index (χ1v) is 8.42. The van der Waals surface area contributed by atoms with Gasteiger partial charge in [-0.25, -0.2) is 9.78 Å². The Bertz CT molecular complexity index is 749. The topological polar surface area (TPSA) is 82.5 Å².